The standard InChI is InChI=1S/C21H27ClFN5O/c1-13-12-24-20(11-19(13)28(2)3)25-14-4-6-15(7-5-14)26-21(29)27-16-8-9-18(23)17(22)10-16/h8-12,14-15H,4-7H2,1-3H3,(H,24,25)(H2,26,27,29)/t14-,15+. The van der Waals surface area contributed by atoms with Gasteiger partial charge in [-0.2, -0.15) is 0 Å². The summed E-state index contributed by atoms with van der Waals surface area (Å²) in [4.78, 5) is 18.8. The quantitative estimate of drug-likeness (QED) is 0.651. The van der Waals surface area contributed by atoms with E-state index in [1.54, 1.807) is 0 Å². The number of nitrogens with zero attached hydrogens (tertiary/aromatic N) is 2. The molecule has 0 unspecified atom stereocenters. The van der Waals surface area contributed by atoms with Crippen molar-refractivity contribution in [3.63, 3.8) is 0 Å². The van der Waals surface area contributed by atoms with Gasteiger partial charge in [0.05, 0.1) is 5.02 Å². The molecule has 0 radical (unpaired) electrons. The summed E-state index contributed by atoms with van der Waals surface area (Å²) in [5, 5.41) is 9.17. The fraction of sp³-hybridized carbons (Fsp3) is 0.429. The van der Waals surface area contributed by atoms with Crippen LogP contribution in [0.2, 0.25) is 5.02 Å². The van der Waals surface area contributed by atoms with E-state index in [0.717, 1.165) is 42.8 Å². The molecule has 3 rings (SSSR count). The number of hydrogen-bond donors (Lipinski definition) is 3. The van der Waals surface area contributed by atoms with E-state index in [4.69, 9.17) is 11.6 Å². The van der Waals surface area contributed by atoms with Gasteiger partial charge in [-0.15, -0.1) is 0 Å². The maximum Gasteiger partial charge on any atom is 0.319 e. The Morgan fingerprint density at radius 3 is 2.52 bits per heavy atom. The number of amides is 2. The average molecular weight is 420 g/mol. The first-order chi connectivity index (χ1) is 13.8. The van der Waals surface area contributed by atoms with E-state index in [9.17, 15) is 9.18 Å². The minimum absolute atomic E-state index is 0.0171. The van der Waals surface area contributed by atoms with Gasteiger partial charge in [-0.1, -0.05) is 11.6 Å². The van der Waals surface area contributed by atoms with E-state index in [1.165, 1.54) is 18.2 Å². The Morgan fingerprint density at radius 1 is 1.17 bits per heavy atom. The van der Waals surface area contributed by atoms with Crippen molar-refractivity contribution in [2.24, 2.45) is 0 Å². The molecule has 8 heteroatoms. The second kappa shape index (κ2) is 9.31. The molecule has 0 aliphatic heterocycles. The lowest BCUT2D eigenvalue weighted by atomic mass is 9.91. The minimum Gasteiger partial charge on any atom is -0.377 e. The van der Waals surface area contributed by atoms with Crippen molar-refractivity contribution in [1.82, 2.24) is 10.3 Å². The summed E-state index contributed by atoms with van der Waals surface area (Å²) in [5.74, 6) is 0.367. The zero-order valence-corrected chi connectivity index (χ0v) is 17.7. The highest BCUT2D eigenvalue weighted by atomic mass is 35.5. The molecule has 3 N–H and O–H groups in total. The number of benzene rings is 1. The van der Waals surface area contributed by atoms with Gasteiger partial charge in [0.25, 0.3) is 0 Å². The monoisotopic (exact) mass is 419 g/mol. The van der Waals surface area contributed by atoms with E-state index in [0.29, 0.717) is 11.7 Å². The molecule has 1 aliphatic rings. The maximum atomic E-state index is 13.2. The van der Waals surface area contributed by atoms with Crippen LogP contribution in [-0.4, -0.2) is 37.2 Å². The number of carbonyl (C=O) groups is 1. The Morgan fingerprint density at radius 2 is 1.86 bits per heavy atom. The highest BCUT2D eigenvalue weighted by Gasteiger charge is 2.23. The van der Waals surface area contributed by atoms with E-state index < -0.39 is 5.82 Å². The predicted octanol–water partition coefficient (Wildman–Crippen LogP) is 4.79. The lowest BCUT2D eigenvalue weighted by Crippen LogP contribution is -2.42. The van der Waals surface area contributed by atoms with E-state index in [1.807, 2.05) is 27.2 Å². The summed E-state index contributed by atoms with van der Waals surface area (Å²) in [5.41, 5.74) is 2.75. The first-order valence-corrected chi connectivity index (χ1v) is 10.1. The Bertz CT molecular complexity index is 868. The highest BCUT2D eigenvalue weighted by Crippen LogP contribution is 2.25. The summed E-state index contributed by atoms with van der Waals surface area (Å²) in [6.07, 6.45) is 5.53. The van der Waals surface area contributed by atoms with Gasteiger partial charge in [0.2, 0.25) is 0 Å². The topological polar surface area (TPSA) is 69.3 Å². The molecule has 1 aromatic heterocycles. The molecule has 6 nitrogen and oxygen atoms in total. The van der Waals surface area contributed by atoms with Crippen LogP contribution >= 0.6 is 11.6 Å². The molecule has 156 valence electrons. The number of carbonyl (C=O) groups excluding carboxylic acids is 1. The van der Waals surface area contributed by atoms with Crippen molar-refractivity contribution >= 4 is 34.8 Å². The fourth-order valence-corrected chi connectivity index (χ4v) is 3.77. The number of halogens is 2. The smallest absolute Gasteiger partial charge is 0.319 e. The van der Waals surface area contributed by atoms with Crippen LogP contribution in [0.1, 0.15) is 31.2 Å². The third-order valence-corrected chi connectivity index (χ3v) is 5.44. The van der Waals surface area contributed by atoms with Gasteiger partial charge in [0.15, 0.2) is 0 Å². The molecule has 1 aliphatic carbocycles. The summed E-state index contributed by atoms with van der Waals surface area (Å²) in [7, 11) is 4.04. The lowest BCUT2D eigenvalue weighted by molar-refractivity contribution is 0.243. The molecule has 1 aromatic carbocycles. The van der Waals surface area contributed by atoms with E-state index in [2.05, 4.69) is 31.9 Å². The maximum absolute atomic E-state index is 13.2. The SMILES string of the molecule is Cc1cnc(N[C@H]2CC[C@@H](NC(=O)Nc3ccc(F)c(Cl)c3)CC2)cc1N(C)C. The Kier molecular flexibility index (Phi) is 6.79. The van der Waals surface area contributed by atoms with Crippen LogP contribution in [0.5, 0.6) is 0 Å². The Labute approximate surface area is 175 Å². The number of urea groups is 1. The number of rotatable bonds is 5. The van der Waals surface area contributed by atoms with E-state index in [-0.39, 0.29) is 17.1 Å². The third-order valence-electron chi connectivity index (χ3n) is 5.15. The van der Waals surface area contributed by atoms with Crippen LogP contribution in [-0.2, 0) is 0 Å². The largest absolute Gasteiger partial charge is 0.377 e. The number of anilines is 3. The van der Waals surface area contributed by atoms with Crippen LogP contribution in [0.3, 0.4) is 0 Å². The van der Waals surface area contributed by atoms with Gasteiger partial charge in [-0.05, 0) is 56.4 Å². The molecule has 0 spiro atoms. The van der Waals surface area contributed by atoms with Crippen molar-refractivity contribution in [2.75, 3.05) is 29.6 Å². The third kappa shape index (κ3) is 5.73. The lowest BCUT2D eigenvalue weighted by Gasteiger charge is -2.30. The molecule has 1 saturated carbocycles. The molecule has 1 heterocycles. The van der Waals surface area contributed by atoms with Crippen LogP contribution in [0.25, 0.3) is 0 Å². The van der Waals surface area contributed by atoms with Crippen molar-refractivity contribution in [1.29, 1.82) is 0 Å². The number of aromatic nitrogens is 1. The summed E-state index contributed by atoms with van der Waals surface area (Å²) in [6, 6.07) is 6.31. The average Bonchev–Trinajstić information content (AvgIpc) is 2.67. The zero-order valence-electron chi connectivity index (χ0n) is 16.9. The van der Waals surface area contributed by atoms with Gasteiger partial charge >= 0.3 is 6.03 Å². The second-order valence-electron chi connectivity index (χ2n) is 7.67. The number of hydrogen-bond acceptors (Lipinski definition) is 4. The van der Waals surface area contributed by atoms with E-state index >= 15 is 0 Å². The summed E-state index contributed by atoms with van der Waals surface area (Å²) in [6.45, 7) is 2.05. The molecule has 2 amide bonds. The van der Waals surface area contributed by atoms with Crippen LogP contribution in [0, 0.1) is 12.7 Å². The van der Waals surface area contributed by atoms with Crippen LogP contribution in [0.15, 0.2) is 30.5 Å². The van der Waals surface area contributed by atoms with Gasteiger partial charge in [-0.3, -0.25) is 0 Å². The highest BCUT2D eigenvalue weighted by molar-refractivity contribution is 6.31. The minimum atomic E-state index is -0.510. The fourth-order valence-electron chi connectivity index (χ4n) is 3.59. The van der Waals surface area contributed by atoms with Crippen LogP contribution < -0.4 is 20.9 Å². The summed E-state index contributed by atoms with van der Waals surface area (Å²) >= 11 is 5.75. The second-order valence-corrected chi connectivity index (χ2v) is 8.08. The molecule has 0 saturated heterocycles. The normalized spacial score (nSPS) is 18.8. The summed E-state index contributed by atoms with van der Waals surface area (Å²) < 4.78 is 13.2. The Balaban J connectivity index is 1.47. The van der Waals surface area contributed by atoms with Gasteiger partial charge in [-0.25, -0.2) is 14.2 Å². The van der Waals surface area contributed by atoms with Crippen molar-refractivity contribution in [3.05, 3.63) is 46.9 Å². The number of aryl methyl sites for hydroxylation is 1. The van der Waals surface area contributed by atoms with Crippen molar-refractivity contribution in [3.8, 4) is 0 Å². The number of pyridine rings is 1. The first kappa shape index (κ1) is 21.2. The van der Waals surface area contributed by atoms with Crippen LogP contribution in [0.4, 0.5) is 26.4 Å². The number of nitrogens with one attached hydrogen (secondary N) is 3. The zero-order chi connectivity index (χ0) is 21.0. The molecular weight excluding hydrogens is 393 g/mol. The van der Waals surface area contributed by atoms with Gasteiger partial charge in [0, 0.05) is 49.8 Å². The predicted molar refractivity (Wildman–Crippen MR) is 117 cm³/mol. The van der Waals surface area contributed by atoms with Gasteiger partial charge in [0.1, 0.15) is 11.6 Å². The molecule has 2 aromatic rings. The Hall–Kier alpha value is -2.54. The molecule has 29 heavy (non-hydrogen) atoms. The molecule has 1 fully saturated rings. The first-order valence-electron chi connectivity index (χ1n) is 9.75. The molecular formula is C21H27ClFN5O. The van der Waals surface area contributed by atoms with Gasteiger partial charge < -0.3 is 20.9 Å². The van der Waals surface area contributed by atoms with Crippen molar-refractivity contribution in [2.45, 2.75) is 44.7 Å². The molecule has 0 bridgehead atoms. The van der Waals surface area contributed by atoms with Crippen molar-refractivity contribution < 1.29 is 9.18 Å². The molecule has 0 atom stereocenters.